The highest BCUT2D eigenvalue weighted by Crippen LogP contribution is 2.57. The van der Waals surface area contributed by atoms with Crippen LogP contribution in [0.3, 0.4) is 0 Å². The Hall–Kier alpha value is -5.55. The summed E-state index contributed by atoms with van der Waals surface area (Å²) in [6.45, 7) is 13.5. The Morgan fingerprint density at radius 2 is 1.33 bits per heavy atom. The molecule has 4 aromatic carbocycles. The van der Waals surface area contributed by atoms with Crippen molar-refractivity contribution in [1.82, 2.24) is 19.6 Å². The van der Waals surface area contributed by atoms with Crippen LogP contribution >= 0.6 is 0 Å². The van der Waals surface area contributed by atoms with Crippen molar-refractivity contribution >= 4 is 5.65 Å². The van der Waals surface area contributed by atoms with Crippen molar-refractivity contribution in [1.29, 1.82) is 0 Å². The van der Waals surface area contributed by atoms with Crippen LogP contribution in [-0.4, -0.2) is 24.7 Å². The minimum atomic E-state index is -0.815. The molecule has 7 aromatic rings. The summed E-state index contributed by atoms with van der Waals surface area (Å²) < 4.78 is 10.3. The van der Waals surface area contributed by atoms with Crippen LogP contribution in [0, 0.1) is 0 Å². The molecule has 0 atom stereocenters. The van der Waals surface area contributed by atoms with Gasteiger partial charge in [-0.3, -0.25) is 9.38 Å². The molecule has 0 spiro atoms. The van der Waals surface area contributed by atoms with E-state index in [-0.39, 0.29) is 16.6 Å². The molecule has 5 heteroatoms. The van der Waals surface area contributed by atoms with Crippen LogP contribution in [0.5, 0.6) is 5.75 Å². The van der Waals surface area contributed by atoms with Crippen molar-refractivity contribution in [3.63, 3.8) is 0 Å². The van der Waals surface area contributed by atoms with Crippen LogP contribution in [-0.2, 0) is 16.2 Å². The van der Waals surface area contributed by atoms with Crippen molar-refractivity contribution in [3.05, 3.63) is 161 Å². The molecule has 0 fully saturated rings. The van der Waals surface area contributed by atoms with Gasteiger partial charge in [0.25, 0.3) is 0 Å². The lowest BCUT2D eigenvalue weighted by atomic mass is 9.68. The lowest BCUT2D eigenvalue weighted by Gasteiger charge is -2.35. The number of aromatic hydroxyl groups is 1. The third-order valence-electron chi connectivity index (χ3n) is 9.98. The Bertz CT molecular complexity index is 2380. The topological polar surface area (TPSA) is 63.3 Å². The number of rotatable bonds is 4. The molecule has 0 unspecified atom stereocenters. The van der Waals surface area contributed by atoms with Gasteiger partial charge in [-0.15, -0.1) is 10.2 Å². The zero-order valence-corrected chi connectivity index (χ0v) is 28.8. The first-order valence-corrected chi connectivity index (χ1v) is 16.8. The predicted molar refractivity (Wildman–Crippen MR) is 198 cm³/mol. The summed E-state index contributed by atoms with van der Waals surface area (Å²) in [5.41, 5.74) is 10.9. The van der Waals surface area contributed by atoms with E-state index in [0.717, 1.165) is 16.8 Å². The average Bonchev–Trinajstić information content (AvgIpc) is 3.66. The molecule has 0 saturated heterocycles. The SMILES string of the molecule is [2H]c1cccn2c(-c3cccc(C4(c5cccc(-c6ccccc6O)n5)c5cc(C(C)(C)C)ccc5-c5ccc(C(C)(C)C)cc54)c3)nnc12. The lowest BCUT2D eigenvalue weighted by Crippen LogP contribution is -2.31. The Balaban J connectivity index is 1.50. The van der Waals surface area contributed by atoms with Crippen LogP contribution in [0.15, 0.2) is 128 Å². The van der Waals surface area contributed by atoms with Crippen LogP contribution in [0.25, 0.3) is 39.4 Å². The molecular formula is C44H40N4O. The van der Waals surface area contributed by atoms with E-state index in [9.17, 15) is 5.11 Å². The van der Waals surface area contributed by atoms with Gasteiger partial charge in [0, 0.05) is 17.3 Å². The summed E-state index contributed by atoms with van der Waals surface area (Å²) in [6.07, 6.45) is 1.91. The Kier molecular flexibility index (Phi) is 6.64. The molecule has 0 amide bonds. The molecular weight excluding hydrogens is 601 g/mol. The van der Waals surface area contributed by atoms with E-state index < -0.39 is 5.41 Å². The molecule has 0 aliphatic heterocycles. The average molecular weight is 642 g/mol. The zero-order valence-electron chi connectivity index (χ0n) is 29.8. The summed E-state index contributed by atoms with van der Waals surface area (Å²) in [6, 6.07) is 39.9. The van der Waals surface area contributed by atoms with Crippen molar-refractivity contribution in [3.8, 4) is 39.5 Å². The minimum absolute atomic E-state index is 0.0898. The van der Waals surface area contributed by atoms with E-state index in [0.29, 0.717) is 28.8 Å². The fraction of sp³-hybridized carbons (Fsp3) is 0.205. The van der Waals surface area contributed by atoms with Crippen molar-refractivity contribution in [2.45, 2.75) is 57.8 Å². The molecule has 0 saturated carbocycles. The maximum Gasteiger partial charge on any atom is 0.168 e. The number of para-hydroxylation sites is 1. The molecule has 8 rings (SSSR count). The van der Waals surface area contributed by atoms with Crippen molar-refractivity contribution in [2.24, 2.45) is 0 Å². The van der Waals surface area contributed by atoms with Crippen LogP contribution in [0.1, 0.15) is 76.4 Å². The molecule has 1 aliphatic rings. The van der Waals surface area contributed by atoms with E-state index in [2.05, 4.69) is 125 Å². The highest BCUT2D eigenvalue weighted by Gasteiger charge is 2.48. The van der Waals surface area contributed by atoms with Crippen LogP contribution < -0.4 is 0 Å². The Morgan fingerprint density at radius 3 is 2.00 bits per heavy atom. The molecule has 0 bridgehead atoms. The van der Waals surface area contributed by atoms with Gasteiger partial charge >= 0.3 is 0 Å². The molecule has 1 aliphatic carbocycles. The molecule has 0 radical (unpaired) electrons. The van der Waals surface area contributed by atoms with Crippen LogP contribution in [0.4, 0.5) is 0 Å². The van der Waals surface area contributed by atoms with E-state index >= 15 is 0 Å². The van der Waals surface area contributed by atoms with Gasteiger partial charge in [0.1, 0.15) is 5.75 Å². The molecule has 5 nitrogen and oxygen atoms in total. The van der Waals surface area contributed by atoms with Gasteiger partial charge in [-0.1, -0.05) is 120 Å². The van der Waals surface area contributed by atoms with E-state index in [4.69, 9.17) is 6.35 Å². The maximum atomic E-state index is 10.9. The van der Waals surface area contributed by atoms with E-state index in [1.54, 1.807) is 12.1 Å². The maximum absolute atomic E-state index is 10.9. The van der Waals surface area contributed by atoms with Crippen molar-refractivity contribution in [2.75, 3.05) is 0 Å². The number of phenols is 1. The smallest absolute Gasteiger partial charge is 0.168 e. The van der Waals surface area contributed by atoms with Gasteiger partial charge in [-0.2, -0.15) is 0 Å². The molecule has 3 heterocycles. The third kappa shape index (κ3) is 4.87. The summed E-state index contributed by atoms with van der Waals surface area (Å²) >= 11 is 0. The first-order valence-electron chi connectivity index (χ1n) is 17.3. The quantitative estimate of drug-likeness (QED) is 0.208. The summed E-state index contributed by atoms with van der Waals surface area (Å²) in [4.78, 5) is 5.45. The number of pyridine rings is 2. The minimum Gasteiger partial charge on any atom is -0.507 e. The van der Waals surface area contributed by atoms with Gasteiger partial charge in [0.2, 0.25) is 0 Å². The number of hydrogen-bond donors (Lipinski definition) is 1. The molecule has 242 valence electrons. The number of nitrogens with zero attached hydrogens (tertiary/aromatic N) is 4. The Morgan fingerprint density at radius 1 is 0.653 bits per heavy atom. The highest BCUT2D eigenvalue weighted by molar-refractivity contribution is 5.87. The monoisotopic (exact) mass is 641 g/mol. The number of aromatic nitrogens is 4. The van der Waals surface area contributed by atoms with Gasteiger partial charge in [0.15, 0.2) is 11.5 Å². The standard InChI is InChI=1S/C44H40N4O/c1-42(2,3)29-20-22-32-33-23-21-30(43(4,5)6)27-36(33)44(35(32)26-29,39-18-12-16-37(45-39)34-15-7-8-17-38(34)49)31-14-11-13-28(25-31)41-47-46-40-19-9-10-24-48(40)41/h7-27,49H,1-6H3/i19D. The fourth-order valence-electron chi connectivity index (χ4n) is 7.35. The van der Waals surface area contributed by atoms with Gasteiger partial charge in [-0.05, 0) is 92.2 Å². The summed E-state index contributed by atoms with van der Waals surface area (Å²) in [5, 5.41) is 19.9. The normalized spacial score (nSPS) is 14.0. The van der Waals surface area contributed by atoms with Crippen LogP contribution in [0.2, 0.25) is 0 Å². The number of phenolic OH excluding ortho intramolecular Hbond substituents is 1. The first-order chi connectivity index (χ1) is 23.9. The van der Waals surface area contributed by atoms with Gasteiger partial charge in [0.05, 0.1) is 18.2 Å². The second-order valence-electron chi connectivity index (χ2n) is 15.1. The number of fused-ring (bicyclic) bond motifs is 4. The predicted octanol–water partition coefficient (Wildman–Crippen LogP) is 10.1. The zero-order chi connectivity index (χ0) is 35.0. The van der Waals surface area contributed by atoms with E-state index in [1.807, 2.05) is 40.9 Å². The molecule has 3 aromatic heterocycles. The second-order valence-corrected chi connectivity index (χ2v) is 15.1. The first kappa shape index (κ1) is 29.6. The fourth-order valence-corrected chi connectivity index (χ4v) is 7.35. The van der Waals surface area contributed by atoms with Gasteiger partial charge in [-0.25, -0.2) is 0 Å². The number of hydrogen-bond acceptors (Lipinski definition) is 4. The van der Waals surface area contributed by atoms with Gasteiger partial charge < -0.3 is 5.11 Å². The van der Waals surface area contributed by atoms with Crippen molar-refractivity contribution < 1.29 is 6.48 Å². The lowest BCUT2D eigenvalue weighted by molar-refractivity contribution is 0.477. The summed E-state index contributed by atoms with van der Waals surface area (Å²) in [5.74, 6) is 0.866. The summed E-state index contributed by atoms with van der Waals surface area (Å²) in [7, 11) is 0. The second kappa shape index (κ2) is 11.0. The molecule has 49 heavy (non-hydrogen) atoms. The Labute approximate surface area is 289 Å². The third-order valence-corrected chi connectivity index (χ3v) is 9.98. The number of benzene rings is 4. The van der Waals surface area contributed by atoms with E-state index in [1.165, 1.54) is 33.4 Å². The molecule has 1 N–H and O–H groups in total. The largest absolute Gasteiger partial charge is 0.507 e. The highest BCUT2D eigenvalue weighted by atomic mass is 16.3.